The van der Waals surface area contributed by atoms with Gasteiger partial charge in [0.25, 0.3) is 0 Å². The Balaban J connectivity index is 1.66. The summed E-state index contributed by atoms with van der Waals surface area (Å²) in [5.41, 5.74) is 1.60. The number of carbonyl (C=O) groups is 2. The molecule has 2 unspecified atom stereocenters. The van der Waals surface area contributed by atoms with Crippen LogP contribution in [0.4, 0.5) is 10.5 Å². The van der Waals surface area contributed by atoms with Gasteiger partial charge in [0.2, 0.25) is 0 Å². The molecular formula is C24H30N2O5. The zero-order valence-corrected chi connectivity index (χ0v) is 18.3. The molecule has 166 valence electrons. The van der Waals surface area contributed by atoms with E-state index in [0.717, 1.165) is 11.3 Å². The number of hydrogen-bond donors (Lipinski definition) is 1. The van der Waals surface area contributed by atoms with E-state index in [2.05, 4.69) is 5.32 Å². The summed E-state index contributed by atoms with van der Waals surface area (Å²) >= 11 is 0. The Hall–Kier alpha value is -2.90. The molecular weight excluding hydrogens is 396 g/mol. The van der Waals surface area contributed by atoms with Gasteiger partial charge in [-0.15, -0.1) is 0 Å². The number of methoxy groups -OCH3 is 2. The van der Waals surface area contributed by atoms with E-state index in [0.29, 0.717) is 25.1 Å². The fraction of sp³-hybridized carbons (Fsp3) is 0.417. The summed E-state index contributed by atoms with van der Waals surface area (Å²) in [6.07, 6.45) is 0.290. The highest BCUT2D eigenvalue weighted by atomic mass is 16.6. The molecule has 3 rings (SSSR count). The second-order valence-electron chi connectivity index (χ2n) is 7.87. The second-order valence-corrected chi connectivity index (χ2v) is 7.87. The minimum atomic E-state index is -0.651. The molecule has 31 heavy (non-hydrogen) atoms. The minimum absolute atomic E-state index is 0.0198. The third-order valence-corrected chi connectivity index (χ3v) is 5.69. The molecule has 1 heterocycles. The molecule has 1 aliphatic heterocycles. The predicted molar refractivity (Wildman–Crippen MR) is 118 cm³/mol. The molecule has 0 aliphatic carbocycles. The van der Waals surface area contributed by atoms with Gasteiger partial charge in [0.1, 0.15) is 18.8 Å². The lowest BCUT2D eigenvalue weighted by Crippen LogP contribution is -2.60. The van der Waals surface area contributed by atoms with Crippen molar-refractivity contribution >= 4 is 17.6 Å². The number of piperidine rings is 1. The molecule has 0 bridgehead atoms. The number of carbonyl (C=O) groups excluding carboxylic acids is 2. The summed E-state index contributed by atoms with van der Waals surface area (Å²) in [6.45, 7) is 3.12. The van der Waals surface area contributed by atoms with E-state index < -0.39 is 5.60 Å². The summed E-state index contributed by atoms with van der Waals surface area (Å²) in [6, 6.07) is 16.9. The smallest absolute Gasteiger partial charge is 0.410 e. The minimum Gasteiger partial charge on any atom is -0.445 e. The number of nitrogens with one attached hydrogen (secondary N) is 1. The summed E-state index contributed by atoms with van der Waals surface area (Å²) < 4.78 is 16.3. The van der Waals surface area contributed by atoms with Crippen LogP contribution in [0.3, 0.4) is 0 Å². The highest BCUT2D eigenvalue weighted by Gasteiger charge is 2.42. The molecule has 0 spiro atoms. The first-order valence-corrected chi connectivity index (χ1v) is 10.4. The van der Waals surface area contributed by atoms with E-state index in [-0.39, 0.29) is 31.1 Å². The van der Waals surface area contributed by atoms with Gasteiger partial charge in [-0.05, 0) is 31.0 Å². The van der Waals surface area contributed by atoms with Crippen molar-refractivity contribution in [3.05, 3.63) is 65.7 Å². The maximum Gasteiger partial charge on any atom is 0.410 e. The van der Waals surface area contributed by atoms with Gasteiger partial charge in [-0.1, -0.05) is 42.5 Å². The quantitative estimate of drug-likeness (QED) is 0.648. The largest absolute Gasteiger partial charge is 0.445 e. The number of ether oxygens (including phenoxy) is 3. The maximum atomic E-state index is 12.6. The number of anilines is 1. The highest BCUT2D eigenvalue weighted by molar-refractivity contribution is 6.02. The third kappa shape index (κ3) is 5.62. The molecule has 7 nitrogen and oxygen atoms in total. The molecule has 0 aromatic heterocycles. The molecule has 1 saturated heterocycles. The molecule has 1 N–H and O–H groups in total. The topological polar surface area (TPSA) is 77.1 Å². The highest BCUT2D eigenvalue weighted by Crippen LogP contribution is 2.29. The normalized spacial score (nSPS) is 20.9. The zero-order chi connectivity index (χ0) is 22.3. The Morgan fingerprint density at radius 3 is 2.52 bits per heavy atom. The van der Waals surface area contributed by atoms with Gasteiger partial charge in [0, 0.05) is 32.0 Å². The van der Waals surface area contributed by atoms with Crippen LogP contribution in [-0.4, -0.2) is 62.3 Å². The van der Waals surface area contributed by atoms with Crippen molar-refractivity contribution in [3.63, 3.8) is 0 Å². The first-order valence-electron chi connectivity index (χ1n) is 10.4. The lowest BCUT2D eigenvalue weighted by atomic mass is 9.88. The van der Waals surface area contributed by atoms with Gasteiger partial charge in [-0.25, -0.2) is 4.79 Å². The SMILES string of the molecule is COCC(=O)c1ccccc1NC1CCN(C(=O)OCc2ccccc2)CC1(C)OC. The zero-order valence-electron chi connectivity index (χ0n) is 18.3. The van der Waals surface area contributed by atoms with E-state index in [9.17, 15) is 9.59 Å². The first-order chi connectivity index (χ1) is 15.0. The van der Waals surface area contributed by atoms with Gasteiger partial charge in [0.15, 0.2) is 5.78 Å². The molecule has 2 aromatic rings. The summed E-state index contributed by atoms with van der Waals surface area (Å²) in [4.78, 5) is 26.7. The molecule has 7 heteroatoms. The average Bonchev–Trinajstić information content (AvgIpc) is 2.80. The van der Waals surface area contributed by atoms with Gasteiger partial charge in [-0.3, -0.25) is 4.79 Å². The van der Waals surface area contributed by atoms with E-state index in [4.69, 9.17) is 14.2 Å². The van der Waals surface area contributed by atoms with E-state index in [1.165, 1.54) is 7.11 Å². The molecule has 1 fully saturated rings. The summed E-state index contributed by atoms with van der Waals surface area (Å²) in [5, 5.41) is 3.47. The van der Waals surface area contributed by atoms with E-state index in [1.807, 2.05) is 55.5 Å². The van der Waals surface area contributed by atoms with Crippen molar-refractivity contribution < 1.29 is 23.8 Å². The van der Waals surface area contributed by atoms with Crippen molar-refractivity contribution in [2.24, 2.45) is 0 Å². The number of benzene rings is 2. The Kier molecular flexibility index (Phi) is 7.65. The van der Waals surface area contributed by atoms with Crippen molar-refractivity contribution in [2.45, 2.75) is 31.6 Å². The van der Waals surface area contributed by atoms with E-state index in [1.54, 1.807) is 18.1 Å². The number of hydrogen-bond acceptors (Lipinski definition) is 6. The lowest BCUT2D eigenvalue weighted by molar-refractivity contribution is -0.0570. The van der Waals surface area contributed by atoms with Crippen LogP contribution in [0, 0.1) is 0 Å². The number of Topliss-reactive ketones (excluding diaryl/α,β-unsaturated/α-hetero) is 1. The van der Waals surface area contributed by atoms with Crippen LogP contribution in [-0.2, 0) is 20.8 Å². The first kappa shape index (κ1) is 22.8. The molecule has 2 atom stereocenters. The fourth-order valence-corrected chi connectivity index (χ4v) is 3.81. The third-order valence-electron chi connectivity index (χ3n) is 5.69. The van der Waals surface area contributed by atoms with Crippen molar-refractivity contribution in [1.29, 1.82) is 0 Å². The molecule has 0 saturated carbocycles. The lowest BCUT2D eigenvalue weighted by Gasteiger charge is -2.45. The monoisotopic (exact) mass is 426 g/mol. The number of rotatable bonds is 8. The van der Waals surface area contributed by atoms with Gasteiger partial charge in [0.05, 0.1) is 12.6 Å². The number of amides is 1. The Morgan fingerprint density at radius 2 is 1.81 bits per heavy atom. The second kappa shape index (κ2) is 10.4. The van der Waals surface area contributed by atoms with Crippen LogP contribution < -0.4 is 5.32 Å². The Labute approximate surface area is 183 Å². The molecule has 2 aromatic carbocycles. The summed E-state index contributed by atoms with van der Waals surface area (Å²) in [5.74, 6) is -0.0911. The van der Waals surface area contributed by atoms with Crippen LogP contribution >= 0.6 is 0 Å². The van der Waals surface area contributed by atoms with Gasteiger partial charge in [-0.2, -0.15) is 0 Å². The van der Waals surface area contributed by atoms with Crippen LogP contribution in [0.15, 0.2) is 54.6 Å². The van der Waals surface area contributed by atoms with Gasteiger partial charge < -0.3 is 24.4 Å². The predicted octanol–water partition coefficient (Wildman–Crippen LogP) is 3.74. The van der Waals surface area contributed by atoms with Crippen LogP contribution in [0.1, 0.15) is 29.3 Å². The molecule has 0 radical (unpaired) electrons. The number of para-hydroxylation sites is 1. The van der Waals surface area contributed by atoms with Gasteiger partial charge >= 0.3 is 6.09 Å². The van der Waals surface area contributed by atoms with Crippen LogP contribution in [0.25, 0.3) is 0 Å². The molecule has 1 aliphatic rings. The average molecular weight is 427 g/mol. The Bertz CT molecular complexity index is 889. The van der Waals surface area contributed by atoms with Crippen molar-refractivity contribution in [3.8, 4) is 0 Å². The van der Waals surface area contributed by atoms with E-state index >= 15 is 0 Å². The number of likely N-dealkylation sites (tertiary alicyclic amines) is 1. The maximum absolute atomic E-state index is 12.6. The molecule has 1 amide bonds. The fourth-order valence-electron chi connectivity index (χ4n) is 3.81. The Morgan fingerprint density at radius 1 is 1.10 bits per heavy atom. The van der Waals surface area contributed by atoms with Crippen LogP contribution in [0.5, 0.6) is 0 Å². The van der Waals surface area contributed by atoms with Crippen molar-refractivity contribution in [1.82, 2.24) is 4.90 Å². The number of nitrogens with zero attached hydrogens (tertiary/aromatic N) is 1. The summed E-state index contributed by atoms with van der Waals surface area (Å²) in [7, 11) is 3.14. The van der Waals surface area contributed by atoms with Crippen molar-refractivity contribution in [2.75, 3.05) is 39.2 Å². The number of ketones is 1. The van der Waals surface area contributed by atoms with Crippen LogP contribution in [0.2, 0.25) is 0 Å². The standard InChI is InChI=1S/C24H30N2O5/c1-24(30-3)17-26(23(28)31-15-18-9-5-4-6-10-18)14-13-22(24)25-20-12-8-7-11-19(20)21(27)16-29-2/h4-12,22,25H,13-17H2,1-3H3.